The molecule has 0 spiro atoms. The molecule has 9 nitrogen and oxygen atoms in total. The van der Waals surface area contributed by atoms with E-state index in [2.05, 4.69) is 15.3 Å². The van der Waals surface area contributed by atoms with Crippen LogP contribution in [0.1, 0.15) is 33.1 Å². The van der Waals surface area contributed by atoms with Crippen molar-refractivity contribution in [3.63, 3.8) is 0 Å². The summed E-state index contributed by atoms with van der Waals surface area (Å²) in [4.78, 5) is 21.3. The summed E-state index contributed by atoms with van der Waals surface area (Å²) in [5, 5.41) is 2.92. The van der Waals surface area contributed by atoms with E-state index in [1.54, 1.807) is 29.9 Å². The van der Waals surface area contributed by atoms with Gasteiger partial charge in [-0.2, -0.15) is 4.31 Å². The SMILES string of the molecule is CC(C)Oc1ccc(NC(=O)[C@@H]2C[C@@H]3CC[C@H]2N(S(=O)(=O)c2cn(C)cn2)C3)cn1. The predicted molar refractivity (Wildman–Crippen MR) is 110 cm³/mol. The van der Waals surface area contributed by atoms with Crippen LogP contribution in [0.5, 0.6) is 5.88 Å². The third-order valence-corrected chi connectivity index (χ3v) is 7.46. The first-order valence-corrected chi connectivity index (χ1v) is 11.6. The van der Waals surface area contributed by atoms with Gasteiger partial charge < -0.3 is 14.6 Å². The number of fused-ring (bicyclic) bond motifs is 3. The Bertz CT molecular complexity index is 1020. The molecular formula is C20H27N5O4S. The molecule has 3 atom stereocenters. The standard InChI is InChI=1S/C20H27N5O4S/c1-13(2)29-18-7-5-15(9-21-18)23-20(26)16-8-14-4-6-17(16)25(10-14)30(27,28)19-11-24(3)12-22-19/h5,7,9,11-14,16-17H,4,6,8,10H2,1-3H3,(H,23,26)/t14-,16+,17+/m0/s1. The van der Waals surface area contributed by atoms with Gasteiger partial charge in [0.2, 0.25) is 11.8 Å². The average Bonchev–Trinajstić information content (AvgIpc) is 3.16. The summed E-state index contributed by atoms with van der Waals surface area (Å²) >= 11 is 0. The summed E-state index contributed by atoms with van der Waals surface area (Å²) in [7, 11) is -2.00. The topological polar surface area (TPSA) is 106 Å². The number of piperidine rings is 2. The zero-order valence-electron chi connectivity index (χ0n) is 17.4. The van der Waals surface area contributed by atoms with Gasteiger partial charge in [-0.05, 0) is 45.1 Å². The fourth-order valence-electron chi connectivity index (χ4n) is 4.34. The molecule has 4 heterocycles. The number of ether oxygens (including phenoxy) is 1. The van der Waals surface area contributed by atoms with Crippen molar-refractivity contribution in [2.24, 2.45) is 18.9 Å². The lowest BCUT2D eigenvalue weighted by molar-refractivity contribution is -0.125. The predicted octanol–water partition coefficient (Wildman–Crippen LogP) is 2.03. The fraction of sp³-hybridized carbons (Fsp3) is 0.550. The molecular weight excluding hydrogens is 406 g/mol. The second-order valence-corrected chi connectivity index (χ2v) is 10.2. The Morgan fingerprint density at radius 1 is 1.27 bits per heavy atom. The summed E-state index contributed by atoms with van der Waals surface area (Å²) in [6.07, 6.45) is 6.84. The summed E-state index contributed by atoms with van der Waals surface area (Å²) in [6.45, 7) is 4.27. The highest BCUT2D eigenvalue weighted by Crippen LogP contribution is 2.42. The van der Waals surface area contributed by atoms with Crippen molar-refractivity contribution >= 4 is 21.6 Å². The Morgan fingerprint density at radius 2 is 2.07 bits per heavy atom. The van der Waals surface area contributed by atoms with E-state index in [1.807, 2.05) is 13.8 Å². The van der Waals surface area contributed by atoms with Gasteiger partial charge in [-0.25, -0.2) is 18.4 Å². The van der Waals surface area contributed by atoms with Gasteiger partial charge in [-0.1, -0.05) is 0 Å². The van der Waals surface area contributed by atoms with Crippen molar-refractivity contribution in [2.75, 3.05) is 11.9 Å². The van der Waals surface area contributed by atoms with Crippen LogP contribution < -0.4 is 10.1 Å². The number of anilines is 1. The first-order valence-electron chi connectivity index (χ1n) is 10.2. The number of imidazole rings is 1. The molecule has 2 bridgehead atoms. The number of rotatable bonds is 6. The number of amides is 1. The van der Waals surface area contributed by atoms with Crippen molar-refractivity contribution in [2.45, 2.75) is 50.3 Å². The van der Waals surface area contributed by atoms with Crippen LogP contribution in [0.2, 0.25) is 0 Å². The van der Waals surface area contributed by atoms with Gasteiger partial charge in [0.05, 0.1) is 30.2 Å². The van der Waals surface area contributed by atoms with Crippen molar-refractivity contribution < 1.29 is 17.9 Å². The van der Waals surface area contributed by atoms with E-state index in [1.165, 1.54) is 16.8 Å². The van der Waals surface area contributed by atoms with Crippen LogP contribution in [0.4, 0.5) is 5.69 Å². The number of carbonyl (C=O) groups excluding carboxylic acids is 1. The maximum atomic E-state index is 13.1. The summed E-state index contributed by atoms with van der Waals surface area (Å²) in [5.74, 6) is 0.0871. The number of nitrogens with one attached hydrogen (secondary N) is 1. The number of carbonyl (C=O) groups is 1. The minimum atomic E-state index is -3.74. The quantitative estimate of drug-likeness (QED) is 0.747. The lowest BCUT2D eigenvalue weighted by Gasteiger charge is -2.47. The van der Waals surface area contributed by atoms with Crippen LogP contribution in [0.15, 0.2) is 35.9 Å². The molecule has 0 radical (unpaired) electrons. The number of hydrogen-bond donors (Lipinski definition) is 1. The van der Waals surface area contributed by atoms with E-state index in [0.717, 1.165) is 6.42 Å². The first-order chi connectivity index (χ1) is 14.2. The van der Waals surface area contributed by atoms with E-state index >= 15 is 0 Å². The Kier molecular flexibility index (Phi) is 5.54. The maximum Gasteiger partial charge on any atom is 0.262 e. The molecule has 3 fully saturated rings. The lowest BCUT2D eigenvalue weighted by atomic mass is 9.73. The first kappa shape index (κ1) is 20.8. The molecule has 2 aromatic rings. The molecule has 3 aliphatic rings. The Labute approximate surface area is 176 Å². The largest absolute Gasteiger partial charge is 0.475 e. The van der Waals surface area contributed by atoms with E-state index in [4.69, 9.17) is 4.74 Å². The molecule has 30 heavy (non-hydrogen) atoms. The number of sulfonamides is 1. The van der Waals surface area contributed by atoms with Crippen LogP contribution in [0, 0.1) is 11.8 Å². The monoisotopic (exact) mass is 433 g/mol. The average molecular weight is 434 g/mol. The smallest absolute Gasteiger partial charge is 0.262 e. The molecule has 1 aliphatic carbocycles. The minimum Gasteiger partial charge on any atom is -0.475 e. The van der Waals surface area contributed by atoms with Gasteiger partial charge >= 0.3 is 0 Å². The zero-order valence-corrected chi connectivity index (χ0v) is 18.2. The van der Waals surface area contributed by atoms with Crippen molar-refractivity contribution in [1.82, 2.24) is 18.8 Å². The van der Waals surface area contributed by atoms with Crippen molar-refractivity contribution in [3.8, 4) is 5.88 Å². The summed E-state index contributed by atoms with van der Waals surface area (Å²) in [6, 6.07) is 3.09. The Hall–Kier alpha value is -2.46. The summed E-state index contributed by atoms with van der Waals surface area (Å²) < 4.78 is 34.9. The highest BCUT2D eigenvalue weighted by Gasteiger charge is 2.49. The van der Waals surface area contributed by atoms with Crippen LogP contribution in [-0.2, 0) is 21.9 Å². The minimum absolute atomic E-state index is 0.0165. The third-order valence-electron chi connectivity index (χ3n) is 5.68. The van der Waals surface area contributed by atoms with Gasteiger partial charge in [0.1, 0.15) is 0 Å². The number of pyridine rings is 1. The van der Waals surface area contributed by atoms with Gasteiger partial charge in [0.25, 0.3) is 10.0 Å². The summed E-state index contributed by atoms with van der Waals surface area (Å²) in [5.41, 5.74) is 0.566. The Balaban J connectivity index is 1.50. The van der Waals surface area contributed by atoms with E-state index in [-0.39, 0.29) is 29.0 Å². The van der Waals surface area contributed by atoms with Crippen molar-refractivity contribution in [3.05, 3.63) is 30.9 Å². The molecule has 0 unspecified atom stereocenters. The number of aromatic nitrogens is 3. The maximum absolute atomic E-state index is 13.1. The van der Waals surface area contributed by atoms with E-state index < -0.39 is 15.9 Å². The van der Waals surface area contributed by atoms with Crippen LogP contribution in [0.3, 0.4) is 0 Å². The molecule has 2 aliphatic heterocycles. The molecule has 1 N–H and O–H groups in total. The molecule has 2 saturated heterocycles. The van der Waals surface area contributed by atoms with Gasteiger partial charge in [-0.3, -0.25) is 4.79 Å². The Morgan fingerprint density at radius 3 is 2.67 bits per heavy atom. The fourth-order valence-corrected chi connectivity index (χ4v) is 6.08. The van der Waals surface area contributed by atoms with Crippen LogP contribution in [-0.4, -0.2) is 51.9 Å². The van der Waals surface area contributed by atoms with Crippen LogP contribution >= 0.6 is 0 Å². The molecule has 10 heteroatoms. The third kappa shape index (κ3) is 4.06. The molecule has 2 aromatic heterocycles. The molecule has 162 valence electrons. The lowest BCUT2D eigenvalue weighted by Crippen LogP contribution is -2.57. The van der Waals surface area contributed by atoms with E-state index in [0.29, 0.717) is 31.0 Å². The molecule has 5 rings (SSSR count). The number of nitrogens with zero attached hydrogens (tertiary/aromatic N) is 4. The highest BCUT2D eigenvalue weighted by molar-refractivity contribution is 7.89. The second-order valence-electron chi connectivity index (χ2n) is 8.35. The zero-order chi connectivity index (χ0) is 21.5. The van der Waals surface area contributed by atoms with E-state index in [9.17, 15) is 13.2 Å². The van der Waals surface area contributed by atoms with Gasteiger partial charge in [-0.15, -0.1) is 0 Å². The normalized spacial score (nSPS) is 24.2. The second kappa shape index (κ2) is 7.99. The molecule has 0 aromatic carbocycles. The molecule has 1 amide bonds. The van der Waals surface area contributed by atoms with Crippen LogP contribution in [0.25, 0.3) is 0 Å². The van der Waals surface area contributed by atoms with Gasteiger partial charge in [0.15, 0.2) is 5.03 Å². The number of hydrogen-bond acceptors (Lipinski definition) is 6. The van der Waals surface area contributed by atoms with Gasteiger partial charge in [0, 0.05) is 31.9 Å². The highest BCUT2D eigenvalue weighted by atomic mass is 32.2. The number of aryl methyl sites for hydroxylation is 1. The van der Waals surface area contributed by atoms with Crippen molar-refractivity contribution in [1.29, 1.82) is 0 Å². The molecule has 1 saturated carbocycles.